The van der Waals surface area contributed by atoms with E-state index in [0.29, 0.717) is 6.61 Å². The maximum atomic E-state index is 8.87. The molecule has 98 valence electrons. The summed E-state index contributed by atoms with van der Waals surface area (Å²) >= 11 is 0. The second-order valence-corrected chi connectivity index (χ2v) is 5.24. The van der Waals surface area contributed by atoms with Crippen LogP contribution >= 0.6 is 0 Å². The number of hydrogen-bond donors (Lipinski definition) is 1. The fraction of sp³-hybridized carbons (Fsp3) is 0.929. The Balaban J connectivity index is 2.05. The van der Waals surface area contributed by atoms with E-state index in [2.05, 4.69) is 18.3 Å². The molecule has 3 atom stereocenters. The Bertz CT molecular complexity index is 237. The van der Waals surface area contributed by atoms with Gasteiger partial charge in [-0.2, -0.15) is 5.26 Å². The fourth-order valence-electron chi connectivity index (χ4n) is 2.62. The molecule has 3 heteroatoms. The van der Waals surface area contributed by atoms with Crippen molar-refractivity contribution in [1.82, 2.24) is 5.32 Å². The molecule has 1 aliphatic rings. The molecular weight excluding hydrogens is 212 g/mol. The molecule has 0 aromatic carbocycles. The Hall–Kier alpha value is -0.590. The van der Waals surface area contributed by atoms with Gasteiger partial charge in [-0.05, 0) is 37.6 Å². The molecule has 1 saturated carbocycles. The van der Waals surface area contributed by atoms with E-state index in [1.165, 1.54) is 25.7 Å². The van der Waals surface area contributed by atoms with E-state index in [-0.39, 0.29) is 6.04 Å². The van der Waals surface area contributed by atoms with Gasteiger partial charge in [0.15, 0.2) is 0 Å². The molecule has 1 rings (SSSR count). The standard InChI is InChI=1S/C14H26N2O/c1-3-16-14(10-15)7-8-17-11-13-6-4-5-12(2)9-13/h12-14,16H,3-9,11H2,1-2H3. The third-order valence-corrected chi connectivity index (χ3v) is 3.56. The molecule has 0 aliphatic heterocycles. The van der Waals surface area contributed by atoms with E-state index >= 15 is 0 Å². The lowest BCUT2D eigenvalue weighted by atomic mass is 9.83. The van der Waals surface area contributed by atoms with Crippen LogP contribution in [0.1, 0.15) is 46.0 Å². The van der Waals surface area contributed by atoms with E-state index in [1.54, 1.807) is 0 Å². The molecule has 1 aliphatic carbocycles. The zero-order chi connectivity index (χ0) is 12.5. The molecular formula is C14H26N2O. The first kappa shape index (κ1) is 14.5. The highest BCUT2D eigenvalue weighted by molar-refractivity contribution is 4.88. The summed E-state index contributed by atoms with van der Waals surface area (Å²) in [5.41, 5.74) is 0. The fourth-order valence-corrected chi connectivity index (χ4v) is 2.62. The molecule has 0 saturated heterocycles. The van der Waals surface area contributed by atoms with Crippen molar-refractivity contribution in [3.8, 4) is 6.07 Å². The second-order valence-electron chi connectivity index (χ2n) is 5.24. The minimum absolute atomic E-state index is 0.0507. The van der Waals surface area contributed by atoms with Crippen LogP contribution in [0.25, 0.3) is 0 Å². The Morgan fingerprint density at radius 1 is 1.47 bits per heavy atom. The zero-order valence-corrected chi connectivity index (χ0v) is 11.2. The minimum Gasteiger partial charge on any atom is -0.381 e. The SMILES string of the molecule is CCNC(C#N)CCOCC1CCCC(C)C1. The number of nitrogens with zero attached hydrogens (tertiary/aromatic N) is 1. The predicted molar refractivity (Wildman–Crippen MR) is 69.6 cm³/mol. The molecule has 0 spiro atoms. The molecule has 0 aromatic heterocycles. The largest absolute Gasteiger partial charge is 0.381 e. The minimum atomic E-state index is -0.0507. The molecule has 0 heterocycles. The van der Waals surface area contributed by atoms with Gasteiger partial charge in [-0.3, -0.25) is 0 Å². The Morgan fingerprint density at radius 2 is 2.29 bits per heavy atom. The van der Waals surface area contributed by atoms with Crippen LogP contribution in [0, 0.1) is 23.2 Å². The van der Waals surface area contributed by atoms with Gasteiger partial charge in [-0.15, -0.1) is 0 Å². The van der Waals surface area contributed by atoms with Crippen LogP contribution in [0.2, 0.25) is 0 Å². The van der Waals surface area contributed by atoms with E-state index < -0.39 is 0 Å². The first-order valence-electron chi connectivity index (χ1n) is 6.97. The van der Waals surface area contributed by atoms with Crippen molar-refractivity contribution < 1.29 is 4.74 Å². The quantitative estimate of drug-likeness (QED) is 0.694. The average Bonchev–Trinajstić information content (AvgIpc) is 2.33. The van der Waals surface area contributed by atoms with Crippen LogP contribution in [-0.4, -0.2) is 25.8 Å². The Kier molecular flexibility index (Phi) is 7.23. The summed E-state index contributed by atoms with van der Waals surface area (Å²) in [6, 6.07) is 2.21. The van der Waals surface area contributed by atoms with Gasteiger partial charge < -0.3 is 10.1 Å². The average molecular weight is 238 g/mol. The van der Waals surface area contributed by atoms with Gasteiger partial charge in [0.05, 0.1) is 12.1 Å². The van der Waals surface area contributed by atoms with Crippen molar-refractivity contribution in [2.75, 3.05) is 19.8 Å². The van der Waals surface area contributed by atoms with Crippen LogP contribution < -0.4 is 5.32 Å². The van der Waals surface area contributed by atoms with Crippen molar-refractivity contribution in [3.05, 3.63) is 0 Å². The van der Waals surface area contributed by atoms with Gasteiger partial charge in [-0.1, -0.05) is 26.7 Å². The summed E-state index contributed by atoms with van der Waals surface area (Å²) in [6.07, 6.45) is 6.17. The summed E-state index contributed by atoms with van der Waals surface area (Å²) in [5, 5.41) is 12.0. The predicted octanol–water partition coefficient (Wildman–Crippen LogP) is 2.72. The summed E-state index contributed by atoms with van der Waals surface area (Å²) in [6.45, 7) is 6.79. The molecule has 0 amide bonds. The highest BCUT2D eigenvalue weighted by Crippen LogP contribution is 2.28. The van der Waals surface area contributed by atoms with Crippen molar-refractivity contribution in [1.29, 1.82) is 5.26 Å². The van der Waals surface area contributed by atoms with Crippen LogP contribution in [-0.2, 0) is 4.74 Å². The van der Waals surface area contributed by atoms with E-state index in [9.17, 15) is 0 Å². The molecule has 3 unspecified atom stereocenters. The molecule has 3 nitrogen and oxygen atoms in total. The van der Waals surface area contributed by atoms with Crippen molar-refractivity contribution in [3.63, 3.8) is 0 Å². The number of ether oxygens (including phenoxy) is 1. The molecule has 1 fully saturated rings. The lowest BCUT2D eigenvalue weighted by Crippen LogP contribution is -2.29. The number of hydrogen-bond acceptors (Lipinski definition) is 3. The number of nitrogens with one attached hydrogen (secondary N) is 1. The van der Waals surface area contributed by atoms with Gasteiger partial charge in [-0.25, -0.2) is 0 Å². The summed E-state index contributed by atoms with van der Waals surface area (Å²) in [5.74, 6) is 1.62. The topological polar surface area (TPSA) is 45.0 Å². The Labute approximate surface area is 106 Å². The molecule has 17 heavy (non-hydrogen) atoms. The molecule has 1 N–H and O–H groups in total. The van der Waals surface area contributed by atoms with Crippen molar-refractivity contribution in [2.24, 2.45) is 11.8 Å². The third-order valence-electron chi connectivity index (χ3n) is 3.56. The molecule has 0 radical (unpaired) electrons. The van der Waals surface area contributed by atoms with E-state index in [0.717, 1.165) is 31.4 Å². The monoisotopic (exact) mass is 238 g/mol. The second kappa shape index (κ2) is 8.49. The number of nitriles is 1. The maximum Gasteiger partial charge on any atom is 0.0974 e. The maximum absolute atomic E-state index is 8.87. The third kappa shape index (κ3) is 6.05. The van der Waals surface area contributed by atoms with Crippen molar-refractivity contribution in [2.45, 2.75) is 52.0 Å². The molecule has 0 bridgehead atoms. The highest BCUT2D eigenvalue weighted by Gasteiger charge is 2.18. The van der Waals surface area contributed by atoms with Crippen LogP contribution in [0.3, 0.4) is 0 Å². The van der Waals surface area contributed by atoms with Crippen LogP contribution in [0.5, 0.6) is 0 Å². The van der Waals surface area contributed by atoms with E-state index in [1.807, 2.05) is 6.92 Å². The summed E-state index contributed by atoms with van der Waals surface area (Å²) in [4.78, 5) is 0. The van der Waals surface area contributed by atoms with Crippen LogP contribution in [0.15, 0.2) is 0 Å². The highest BCUT2D eigenvalue weighted by atomic mass is 16.5. The normalized spacial score (nSPS) is 26.4. The zero-order valence-electron chi connectivity index (χ0n) is 11.2. The number of rotatable bonds is 7. The lowest BCUT2D eigenvalue weighted by molar-refractivity contribution is 0.0728. The molecule has 0 aromatic rings. The van der Waals surface area contributed by atoms with Gasteiger partial charge in [0.25, 0.3) is 0 Å². The Morgan fingerprint density at radius 3 is 2.94 bits per heavy atom. The smallest absolute Gasteiger partial charge is 0.0974 e. The van der Waals surface area contributed by atoms with Gasteiger partial charge in [0.1, 0.15) is 0 Å². The summed E-state index contributed by atoms with van der Waals surface area (Å²) in [7, 11) is 0. The first-order chi connectivity index (χ1) is 8.26. The van der Waals surface area contributed by atoms with Gasteiger partial charge in [0, 0.05) is 13.2 Å². The first-order valence-corrected chi connectivity index (χ1v) is 6.97. The van der Waals surface area contributed by atoms with Crippen LogP contribution in [0.4, 0.5) is 0 Å². The van der Waals surface area contributed by atoms with E-state index in [4.69, 9.17) is 10.00 Å². The lowest BCUT2D eigenvalue weighted by Gasteiger charge is -2.26. The van der Waals surface area contributed by atoms with Gasteiger partial charge in [0.2, 0.25) is 0 Å². The summed E-state index contributed by atoms with van der Waals surface area (Å²) < 4.78 is 5.71. The van der Waals surface area contributed by atoms with Crippen molar-refractivity contribution >= 4 is 0 Å². The van der Waals surface area contributed by atoms with Gasteiger partial charge >= 0.3 is 0 Å².